The number of rotatable bonds is 3. The second-order valence-corrected chi connectivity index (χ2v) is 6.45. The van der Waals surface area contributed by atoms with Gasteiger partial charge in [0.2, 0.25) is 6.23 Å². The van der Waals surface area contributed by atoms with Crippen LogP contribution < -0.4 is 10.1 Å². The molecule has 0 bridgehead atoms. The number of hydrogen-bond acceptors (Lipinski definition) is 3. The van der Waals surface area contributed by atoms with E-state index in [9.17, 15) is 4.79 Å². The molecule has 0 aromatic heterocycles. The van der Waals surface area contributed by atoms with Crippen LogP contribution in [-0.4, -0.2) is 16.6 Å². The number of para-hydroxylation sites is 1. The summed E-state index contributed by atoms with van der Waals surface area (Å²) in [6.07, 6.45) is -0.330. The number of amides is 2. The van der Waals surface area contributed by atoms with Crippen LogP contribution in [0.15, 0.2) is 54.6 Å². The van der Waals surface area contributed by atoms with Crippen LogP contribution in [0.4, 0.5) is 4.79 Å². The second-order valence-electron chi connectivity index (χ2n) is 6.45. The van der Waals surface area contributed by atoms with Crippen molar-refractivity contribution in [2.45, 2.75) is 32.5 Å². The third-order valence-electron chi connectivity index (χ3n) is 3.21. The van der Waals surface area contributed by atoms with Gasteiger partial charge in [-0.15, -0.1) is 0 Å². The lowest BCUT2D eigenvalue weighted by atomic mass is 10.1. The summed E-state index contributed by atoms with van der Waals surface area (Å²) >= 11 is 0. The van der Waals surface area contributed by atoms with Crippen molar-refractivity contribution in [3.8, 4) is 11.5 Å². The minimum absolute atomic E-state index is 0.230. The van der Waals surface area contributed by atoms with Crippen molar-refractivity contribution in [2.75, 3.05) is 0 Å². The third-order valence-corrected chi connectivity index (χ3v) is 3.21. The molecule has 0 saturated carbocycles. The highest BCUT2D eigenvalue weighted by atomic mass is 16.8. The molecule has 0 radical (unpaired) electrons. The van der Waals surface area contributed by atoms with Gasteiger partial charge in [-0.2, -0.15) is 5.06 Å². The van der Waals surface area contributed by atoms with Crippen LogP contribution in [0, 0.1) is 0 Å². The molecule has 1 N–H and O–H groups in total. The predicted octanol–water partition coefficient (Wildman–Crippen LogP) is 4.23. The molecule has 2 aromatic rings. The van der Waals surface area contributed by atoms with E-state index < -0.39 is 0 Å². The topological polar surface area (TPSA) is 53.9 Å². The minimum Gasteiger partial charge on any atom is -0.457 e. The maximum atomic E-state index is 12.0. The molecule has 3 rings (SSSR count). The fraction of sp³-hybridized carbons (Fsp3) is 0.278. The highest BCUT2D eigenvalue weighted by Gasteiger charge is 2.43. The van der Waals surface area contributed by atoms with Gasteiger partial charge in [-0.25, -0.2) is 9.63 Å². The normalized spacial score (nSPS) is 16.8. The molecule has 1 fully saturated rings. The quantitative estimate of drug-likeness (QED) is 0.863. The summed E-state index contributed by atoms with van der Waals surface area (Å²) in [5, 5.41) is 4.19. The monoisotopic (exact) mass is 312 g/mol. The van der Waals surface area contributed by atoms with Crippen LogP contribution >= 0.6 is 0 Å². The number of hydrogen-bond donors (Lipinski definition) is 1. The van der Waals surface area contributed by atoms with Crippen molar-refractivity contribution in [2.24, 2.45) is 0 Å². The van der Waals surface area contributed by atoms with Crippen molar-refractivity contribution >= 4 is 6.03 Å². The minimum atomic E-state index is -0.330. The van der Waals surface area contributed by atoms with Crippen LogP contribution in [0.5, 0.6) is 11.5 Å². The number of ether oxygens (including phenoxy) is 1. The van der Waals surface area contributed by atoms with Gasteiger partial charge in [0, 0.05) is 11.1 Å². The largest absolute Gasteiger partial charge is 0.457 e. The van der Waals surface area contributed by atoms with Crippen molar-refractivity contribution in [1.29, 1.82) is 0 Å². The van der Waals surface area contributed by atoms with Gasteiger partial charge in [0.25, 0.3) is 0 Å². The molecule has 1 unspecified atom stereocenters. The van der Waals surface area contributed by atoms with Crippen molar-refractivity contribution in [1.82, 2.24) is 10.4 Å². The van der Waals surface area contributed by atoms with Gasteiger partial charge >= 0.3 is 6.03 Å². The standard InChI is InChI=1S/C18H20N2O3/c1-18(2,3)19-17(21)20-16(23-20)13-9-11-15(12-10-13)22-14-7-5-4-6-8-14/h4-12,16H,1-3H3,(H,19,21). The summed E-state index contributed by atoms with van der Waals surface area (Å²) in [6.45, 7) is 5.79. The molecule has 1 atom stereocenters. The summed E-state index contributed by atoms with van der Waals surface area (Å²) in [5.41, 5.74) is 0.621. The lowest BCUT2D eigenvalue weighted by Gasteiger charge is -2.19. The molecule has 1 heterocycles. The molecule has 1 aliphatic rings. The summed E-state index contributed by atoms with van der Waals surface area (Å²) < 4.78 is 5.74. The summed E-state index contributed by atoms with van der Waals surface area (Å²) in [4.78, 5) is 17.3. The Bertz CT molecular complexity index is 678. The Hall–Kier alpha value is -2.53. The molecule has 2 amide bonds. The fourth-order valence-corrected chi connectivity index (χ4v) is 2.13. The Balaban J connectivity index is 1.60. The molecule has 5 heteroatoms. The molecule has 1 saturated heterocycles. The molecule has 120 valence electrons. The molecule has 23 heavy (non-hydrogen) atoms. The highest BCUT2D eigenvalue weighted by molar-refractivity contribution is 5.75. The van der Waals surface area contributed by atoms with Crippen LogP contribution in [0.1, 0.15) is 32.6 Å². The molecule has 5 nitrogen and oxygen atoms in total. The van der Waals surface area contributed by atoms with E-state index in [2.05, 4.69) is 5.32 Å². The van der Waals surface area contributed by atoms with E-state index in [4.69, 9.17) is 9.57 Å². The maximum Gasteiger partial charge on any atom is 0.344 e. The first-order valence-corrected chi connectivity index (χ1v) is 7.53. The first-order chi connectivity index (χ1) is 10.9. The SMILES string of the molecule is CC(C)(C)NC(=O)N1OC1c1ccc(Oc2ccccc2)cc1. The zero-order valence-corrected chi connectivity index (χ0v) is 13.4. The van der Waals surface area contributed by atoms with E-state index in [1.807, 2.05) is 75.4 Å². The molecular formula is C18H20N2O3. The zero-order chi connectivity index (χ0) is 16.4. The van der Waals surface area contributed by atoms with E-state index in [1.165, 1.54) is 5.06 Å². The summed E-state index contributed by atoms with van der Waals surface area (Å²) in [5.74, 6) is 1.53. The predicted molar refractivity (Wildman–Crippen MR) is 86.9 cm³/mol. The van der Waals surface area contributed by atoms with E-state index in [1.54, 1.807) is 0 Å². The van der Waals surface area contributed by atoms with Crippen LogP contribution in [0.2, 0.25) is 0 Å². The Kier molecular flexibility index (Phi) is 3.96. The van der Waals surface area contributed by atoms with Gasteiger partial charge in [-0.05, 0) is 45.0 Å². The lowest BCUT2D eigenvalue weighted by molar-refractivity contribution is 0.169. The lowest BCUT2D eigenvalue weighted by Crippen LogP contribution is -2.43. The number of benzene rings is 2. The van der Waals surface area contributed by atoms with E-state index in [-0.39, 0.29) is 17.8 Å². The van der Waals surface area contributed by atoms with E-state index >= 15 is 0 Å². The van der Waals surface area contributed by atoms with Crippen molar-refractivity contribution < 1.29 is 14.4 Å². The van der Waals surface area contributed by atoms with E-state index in [0.29, 0.717) is 0 Å². The Morgan fingerprint density at radius 1 is 1.04 bits per heavy atom. The highest BCUT2D eigenvalue weighted by Crippen LogP contribution is 2.38. The van der Waals surface area contributed by atoms with Gasteiger partial charge in [0.05, 0.1) is 0 Å². The first-order valence-electron chi connectivity index (χ1n) is 7.53. The van der Waals surface area contributed by atoms with Gasteiger partial charge in [0.15, 0.2) is 0 Å². The number of urea groups is 1. The first kappa shape index (κ1) is 15.4. The molecule has 2 aromatic carbocycles. The van der Waals surface area contributed by atoms with Crippen molar-refractivity contribution in [3.05, 3.63) is 60.2 Å². The summed E-state index contributed by atoms with van der Waals surface area (Å²) in [6, 6.07) is 16.9. The fourth-order valence-electron chi connectivity index (χ4n) is 2.13. The molecule has 0 aliphatic carbocycles. The average Bonchev–Trinajstić information content (AvgIpc) is 3.28. The second kappa shape index (κ2) is 5.93. The number of nitrogens with one attached hydrogen (secondary N) is 1. The van der Waals surface area contributed by atoms with Gasteiger partial charge in [0.1, 0.15) is 11.5 Å². The average molecular weight is 312 g/mol. The van der Waals surface area contributed by atoms with Crippen molar-refractivity contribution in [3.63, 3.8) is 0 Å². The smallest absolute Gasteiger partial charge is 0.344 e. The Labute approximate surface area is 135 Å². The number of hydroxylamine groups is 2. The van der Waals surface area contributed by atoms with E-state index in [0.717, 1.165) is 17.1 Å². The molecule has 0 spiro atoms. The number of nitrogens with zero attached hydrogens (tertiary/aromatic N) is 1. The van der Waals surface area contributed by atoms with Gasteiger partial charge < -0.3 is 10.1 Å². The molecular weight excluding hydrogens is 292 g/mol. The Morgan fingerprint density at radius 3 is 2.26 bits per heavy atom. The summed E-state index contributed by atoms with van der Waals surface area (Å²) in [7, 11) is 0. The zero-order valence-electron chi connectivity index (χ0n) is 13.4. The third kappa shape index (κ3) is 4.02. The Morgan fingerprint density at radius 2 is 1.65 bits per heavy atom. The van der Waals surface area contributed by atoms with Crippen LogP contribution in [-0.2, 0) is 4.84 Å². The molecule has 1 aliphatic heterocycles. The van der Waals surface area contributed by atoms with Crippen LogP contribution in [0.3, 0.4) is 0 Å². The van der Waals surface area contributed by atoms with Crippen LogP contribution in [0.25, 0.3) is 0 Å². The maximum absolute atomic E-state index is 12.0. The van der Waals surface area contributed by atoms with Gasteiger partial charge in [-0.1, -0.05) is 30.3 Å². The number of carbonyl (C=O) groups excluding carboxylic acids is 1. The van der Waals surface area contributed by atoms with Gasteiger partial charge in [-0.3, -0.25) is 0 Å². The number of carbonyl (C=O) groups is 1.